The number of hydrogen-bond donors (Lipinski definition) is 0. The van der Waals surface area contributed by atoms with Gasteiger partial charge in [0.2, 0.25) is 0 Å². The average Bonchev–Trinajstić information content (AvgIpc) is 2.38. The Balaban J connectivity index is 2.09. The van der Waals surface area contributed by atoms with Crippen molar-refractivity contribution in [3.63, 3.8) is 0 Å². The summed E-state index contributed by atoms with van der Waals surface area (Å²) in [5.41, 5.74) is 0. The number of rotatable bonds is 5. The van der Waals surface area contributed by atoms with Gasteiger partial charge in [0.1, 0.15) is 0 Å². The van der Waals surface area contributed by atoms with Gasteiger partial charge in [0.15, 0.2) is 0 Å². The fourth-order valence-electron chi connectivity index (χ4n) is 2.28. The number of ether oxygens (including phenoxy) is 1. The van der Waals surface area contributed by atoms with Crippen molar-refractivity contribution >= 4 is 11.6 Å². The summed E-state index contributed by atoms with van der Waals surface area (Å²) in [4.78, 5) is 0. The highest BCUT2D eigenvalue weighted by atomic mass is 35.5. The lowest BCUT2D eigenvalue weighted by atomic mass is 9.95. The van der Waals surface area contributed by atoms with Crippen molar-refractivity contribution in [2.24, 2.45) is 5.92 Å². The lowest BCUT2D eigenvalue weighted by Crippen LogP contribution is -2.07. The predicted molar refractivity (Wildman–Crippen MR) is 61.9 cm³/mol. The van der Waals surface area contributed by atoms with E-state index in [9.17, 15) is 0 Å². The van der Waals surface area contributed by atoms with Crippen molar-refractivity contribution in [2.75, 3.05) is 13.2 Å². The minimum absolute atomic E-state index is 0.439. The lowest BCUT2D eigenvalue weighted by Gasteiger charge is -2.15. The smallest absolute Gasteiger partial charge is 0.0465 e. The molecule has 1 aliphatic rings. The summed E-state index contributed by atoms with van der Waals surface area (Å²) in [6, 6.07) is 0. The first-order valence-electron chi connectivity index (χ1n) is 6.04. The molecule has 1 rings (SSSR count). The van der Waals surface area contributed by atoms with Crippen molar-refractivity contribution in [1.29, 1.82) is 0 Å². The highest BCUT2D eigenvalue weighted by Crippen LogP contribution is 2.29. The molecule has 2 heteroatoms. The molecular weight excluding hydrogens is 196 g/mol. The summed E-state index contributed by atoms with van der Waals surface area (Å²) in [7, 11) is 0. The fourth-order valence-corrected chi connectivity index (χ4v) is 2.68. The molecule has 0 aliphatic heterocycles. The van der Waals surface area contributed by atoms with Crippen LogP contribution in [0.25, 0.3) is 0 Å². The Kier molecular flexibility index (Phi) is 6.63. The molecule has 1 aliphatic carbocycles. The molecule has 1 saturated carbocycles. The van der Waals surface area contributed by atoms with Gasteiger partial charge in [-0.3, -0.25) is 0 Å². The van der Waals surface area contributed by atoms with Crippen molar-refractivity contribution in [2.45, 2.75) is 57.2 Å². The van der Waals surface area contributed by atoms with Crippen LogP contribution in [0.5, 0.6) is 0 Å². The van der Waals surface area contributed by atoms with E-state index in [4.69, 9.17) is 16.3 Å². The minimum atomic E-state index is 0.439. The standard InChI is InChI=1S/C12H23ClO/c1-2-14-9-5-7-11-6-3-4-8-12(13)10-11/h11-12H,2-10H2,1H3. The topological polar surface area (TPSA) is 9.23 Å². The van der Waals surface area contributed by atoms with Gasteiger partial charge in [0.05, 0.1) is 0 Å². The molecule has 14 heavy (non-hydrogen) atoms. The van der Waals surface area contributed by atoms with Crippen molar-refractivity contribution in [3.05, 3.63) is 0 Å². The zero-order chi connectivity index (χ0) is 10.2. The molecule has 0 aromatic heterocycles. The van der Waals surface area contributed by atoms with E-state index >= 15 is 0 Å². The Morgan fingerprint density at radius 3 is 2.86 bits per heavy atom. The molecule has 0 spiro atoms. The Hall–Kier alpha value is 0.250. The zero-order valence-electron chi connectivity index (χ0n) is 9.30. The maximum atomic E-state index is 6.22. The Labute approximate surface area is 93.2 Å². The maximum Gasteiger partial charge on any atom is 0.0465 e. The highest BCUT2D eigenvalue weighted by Gasteiger charge is 2.17. The zero-order valence-corrected chi connectivity index (χ0v) is 10.1. The first kappa shape index (κ1) is 12.3. The molecule has 0 aromatic rings. The summed E-state index contributed by atoms with van der Waals surface area (Å²) in [5.74, 6) is 0.862. The quantitative estimate of drug-likeness (QED) is 0.385. The van der Waals surface area contributed by atoms with Gasteiger partial charge in [-0.1, -0.05) is 19.3 Å². The third-order valence-corrected chi connectivity index (χ3v) is 3.47. The van der Waals surface area contributed by atoms with E-state index in [1.807, 2.05) is 0 Å². The van der Waals surface area contributed by atoms with Gasteiger partial charge in [0, 0.05) is 18.6 Å². The SMILES string of the molecule is CCOCCCC1CCCCC(Cl)C1. The normalized spacial score (nSPS) is 28.7. The van der Waals surface area contributed by atoms with Crippen LogP contribution in [-0.4, -0.2) is 18.6 Å². The molecule has 0 saturated heterocycles. The van der Waals surface area contributed by atoms with E-state index in [2.05, 4.69) is 6.92 Å². The van der Waals surface area contributed by atoms with Gasteiger partial charge in [-0.15, -0.1) is 11.6 Å². The number of hydrogen-bond acceptors (Lipinski definition) is 1. The van der Waals surface area contributed by atoms with Crippen molar-refractivity contribution in [3.8, 4) is 0 Å². The van der Waals surface area contributed by atoms with Crippen molar-refractivity contribution < 1.29 is 4.74 Å². The van der Waals surface area contributed by atoms with E-state index in [1.165, 1.54) is 44.9 Å². The van der Waals surface area contributed by atoms with Crippen LogP contribution in [0.3, 0.4) is 0 Å². The summed E-state index contributed by atoms with van der Waals surface area (Å²) in [6.45, 7) is 3.84. The minimum Gasteiger partial charge on any atom is -0.382 e. The summed E-state index contributed by atoms with van der Waals surface area (Å²) >= 11 is 6.22. The monoisotopic (exact) mass is 218 g/mol. The molecule has 0 aromatic carbocycles. The molecule has 0 bridgehead atoms. The van der Waals surface area contributed by atoms with Gasteiger partial charge in [-0.05, 0) is 38.5 Å². The van der Waals surface area contributed by atoms with Crippen LogP contribution in [0.2, 0.25) is 0 Å². The van der Waals surface area contributed by atoms with Crippen molar-refractivity contribution in [1.82, 2.24) is 0 Å². The summed E-state index contributed by atoms with van der Waals surface area (Å²) < 4.78 is 5.35. The predicted octanol–water partition coefficient (Wildman–Crippen LogP) is 3.99. The molecule has 84 valence electrons. The average molecular weight is 219 g/mol. The van der Waals surface area contributed by atoms with Gasteiger partial charge < -0.3 is 4.74 Å². The summed E-state index contributed by atoms with van der Waals surface area (Å²) in [6.07, 6.45) is 9.07. The van der Waals surface area contributed by atoms with Crippen LogP contribution < -0.4 is 0 Å². The van der Waals surface area contributed by atoms with E-state index in [0.717, 1.165) is 19.1 Å². The van der Waals surface area contributed by atoms with Gasteiger partial charge in [-0.25, -0.2) is 0 Å². The third-order valence-electron chi connectivity index (χ3n) is 3.07. The van der Waals surface area contributed by atoms with Gasteiger partial charge >= 0.3 is 0 Å². The van der Waals surface area contributed by atoms with Crippen LogP contribution in [0.4, 0.5) is 0 Å². The maximum absolute atomic E-state index is 6.22. The number of alkyl halides is 1. The van der Waals surface area contributed by atoms with Crippen LogP contribution in [0.15, 0.2) is 0 Å². The second kappa shape index (κ2) is 7.53. The van der Waals surface area contributed by atoms with Gasteiger partial charge in [0.25, 0.3) is 0 Å². The Morgan fingerprint density at radius 1 is 1.29 bits per heavy atom. The van der Waals surface area contributed by atoms with E-state index in [-0.39, 0.29) is 0 Å². The second-order valence-electron chi connectivity index (χ2n) is 4.32. The van der Waals surface area contributed by atoms with Crippen LogP contribution in [-0.2, 0) is 4.74 Å². The van der Waals surface area contributed by atoms with Crippen LogP contribution >= 0.6 is 11.6 Å². The van der Waals surface area contributed by atoms with E-state index < -0.39 is 0 Å². The molecule has 0 heterocycles. The summed E-state index contributed by atoms with van der Waals surface area (Å²) in [5, 5.41) is 0.439. The Bertz CT molecular complexity index is 138. The first-order chi connectivity index (χ1) is 6.83. The molecule has 0 N–H and O–H groups in total. The lowest BCUT2D eigenvalue weighted by molar-refractivity contribution is 0.138. The third kappa shape index (κ3) is 5.21. The van der Waals surface area contributed by atoms with E-state index in [0.29, 0.717) is 5.38 Å². The largest absolute Gasteiger partial charge is 0.382 e. The van der Waals surface area contributed by atoms with Crippen LogP contribution in [0.1, 0.15) is 51.9 Å². The molecule has 2 atom stereocenters. The molecule has 0 radical (unpaired) electrons. The first-order valence-corrected chi connectivity index (χ1v) is 6.48. The highest BCUT2D eigenvalue weighted by molar-refractivity contribution is 6.20. The molecule has 2 unspecified atom stereocenters. The molecule has 1 fully saturated rings. The fraction of sp³-hybridized carbons (Fsp3) is 1.00. The Morgan fingerprint density at radius 2 is 2.07 bits per heavy atom. The molecular formula is C12H23ClO. The van der Waals surface area contributed by atoms with Gasteiger partial charge in [-0.2, -0.15) is 0 Å². The molecule has 0 amide bonds. The number of halogens is 1. The molecule has 1 nitrogen and oxygen atoms in total. The van der Waals surface area contributed by atoms with Crippen LogP contribution in [0, 0.1) is 5.92 Å². The van der Waals surface area contributed by atoms with E-state index in [1.54, 1.807) is 0 Å². The second-order valence-corrected chi connectivity index (χ2v) is 4.94.